The number of thiazole rings is 1. The first-order valence-electron chi connectivity index (χ1n) is 3.28. The zero-order valence-corrected chi connectivity index (χ0v) is 7.68. The van der Waals surface area contributed by atoms with E-state index in [-0.39, 0.29) is 0 Å². The van der Waals surface area contributed by atoms with Crippen LogP contribution in [0.3, 0.4) is 0 Å². The van der Waals surface area contributed by atoms with Crippen LogP contribution in [0.5, 0.6) is 0 Å². The Hall–Kier alpha value is -0.940. The first-order chi connectivity index (χ1) is 5.95. The predicted octanol–water partition coefficient (Wildman–Crippen LogP) is 2.08. The quantitative estimate of drug-likeness (QED) is 0.688. The lowest BCUT2D eigenvalue weighted by Crippen LogP contribution is -1.80. The Kier molecular flexibility index (Phi) is 2.33. The molecule has 0 N–H and O–H groups in total. The lowest BCUT2D eigenvalue weighted by atomic mass is 10.7. The Bertz CT molecular complexity index is 333. The zero-order valence-electron chi connectivity index (χ0n) is 6.04. The van der Waals surface area contributed by atoms with Crippen LogP contribution < -0.4 is 0 Å². The highest BCUT2D eigenvalue weighted by Crippen LogP contribution is 2.26. The van der Waals surface area contributed by atoms with Crippen molar-refractivity contribution in [1.29, 1.82) is 0 Å². The molecule has 0 amide bonds. The maximum atomic E-state index is 4.08. The lowest BCUT2D eigenvalue weighted by Gasteiger charge is -1.92. The summed E-state index contributed by atoms with van der Waals surface area (Å²) in [6, 6.07) is 1.80. The SMILES string of the molecule is c1cnc(Sc2cncs2)nc1. The van der Waals surface area contributed by atoms with Gasteiger partial charge in [-0.1, -0.05) is 0 Å². The largest absolute Gasteiger partial charge is 0.252 e. The van der Waals surface area contributed by atoms with Crippen molar-refractivity contribution in [3.05, 3.63) is 30.2 Å². The van der Waals surface area contributed by atoms with Gasteiger partial charge < -0.3 is 0 Å². The Labute approximate surface area is 77.9 Å². The van der Waals surface area contributed by atoms with Crippen molar-refractivity contribution in [3.8, 4) is 0 Å². The molecule has 3 nitrogen and oxygen atoms in total. The summed E-state index contributed by atoms with van der Waals surface area (Å²) in [5.74, 6) is 0. The lowest BCUT2D eigenvalue weighted by molar-refractivity contribution is 0.968. The van der Waals surface area contributed by atoms with Gasteiger partial charge in [-0.25, -0.2) is 9.97 Å². The van der Waals surface area contributed by atoms with E-state index in [2.05, 4.69) is 15.0 Å². The van der Waals surface area contributed by atoms with E-state index in [0.717, 1.165) is 9.37 Å². The molecule has 12 heavy (non-hydrogen) atoms. The molecule has 0 spiro atoms. The van der Waals surface area contributed by atoms with Gasteiger partial charge in [-0.15, -0.1) is 11.3 Å². The summed E-state index contributed by atoms with van der Waals surface area (Å²) in [4.78, 5) is 12.1. The minimum absolute atomic E-state index is 0.766. The van der Waals surface area contributed by atoms with Gasteiger partial charge in [0.1, 0.15) is 0 Å². The molecule has 2 rings (SSSR count). The fourth-order valence-corrected chi connectivity index (χ4v) is 2.10. The topological polar surface area (TPSA) is 38.7 Å². The van der Waals surface area contributed by atoms with Crippen LogP contribution in [0, 0.1) is 0 Å². The molecule has 0 bridgehead atoms. The fraction of sp³-hybridized carbons (Fsp3) is 0. The van der Waals surface area contributed by atoms with Crippen LogP contribution in [0.1, 0.15) is 0 Å². The first-order valence-corrected chi connectivity index (χ1v) is 4.98. The molecular weight excluding hydrogens is 190 g/mol. The smallest absolute Gasteiger partial charge is 0.193 e. The summed E-state index contributed by atoms with van der Waals surface area (Å²) in [5.41, 5.74) is 1.80. The van der Waals surface area contributed by atoms with E-state index in [1.54, 1.807) is 35.3 Å². The van der Waals surface area contributed by atoms with E-state index < -0.39 is 0 Å². The standard InChI is InChI=1S/C7H5N3S2/c1-2-9-7(10-3-1)12-6-4-8-5-11-6/h1-5H. The van der Waals surface area contributed by atoms with Gasteiger partial charge in [-0.3, -0.25) is 4.98 Å². The third-order valence-electron chi connectivity index (χ3n) is 1.14. The van der Waals surface area contributed by atoms with E-state index in [1.807, 2.05) is 6.20 Å². The van der Waals surface area contributed by atoms with Crippen molar-refractivity contribution >= 4 is 23.1 Å². The van der Waals surface area contributed by atoms with E-state index in [1.165, 1.54) is 11.8 Å². The van der Waals surface area contributed by atoms with Crippen LogP contribution in [0.2, 0.25) is 0 Å². The summed E-state index contributed by atoms with van der Waals surface area (Å²) in [7, 11) is 0. The van der Waals surface area contributed by atoms with Crippen molar-refractivity contribution in [2.24, 2.45) is 0 Å². The summed E-state index contributed by atoms with van der Waals surface area (Å²) >= 11 is 3.12. The molecule has 2 aromatic rings. The Morgan fingerprint density at radius 1 is 1.25 bits per heavy atom. The summed E-state index contributed by atoms with van der Waals surface area (Å²) in [6.07, 6.45) is 5.28. The highest BCUT2D eigenvalue weighted by atomic mass is 32.2. The molecule has 0 saturated heterocycles. The maximum Gasteiger partial charge on any atom is 0.193 e. The Morgan fingerprint density at radius 3 is 2.75 bits per heavy atom. The highest BCUT2D eigenvalue weighted by Gasteiger charge is 1.99. The first kappa shape index (κ1) is 7.70. The van der Waals surface area contributed by atoms with Crippen LogP contribution in [0.15, 0.2) is 39.5 Å². The molecule has 0 aliphatic rings. The van der Waals surface area contributed by atoms with Gasteiger partial charge in [-0.05, 0) is 17.8 Å². The molecule has 2 aromatic heterocycles. The molecule has 0 aliphatic carbocycles. The average Bonchev–Trinajstić information content (AvgIpc) is 2.59. The molecule has 0 atom stereocenters. The molecule has 0 fully saturated rings. The number of aromatic nitrogens is 3. The third kappa shape index (κ3) is 1.80. The Morgan fingerprint density at radius 2 is 2.08 bits per heavy atom. The molecule has 0 radical (unpaired) electrons. The summed E-state index contributed by atoms with van der Waals surface area (Å²) < 4.78 is 1.11. The molecule has 0 aliphatic heterocycles. The highest BCUT2D eigenvalue weighted by molar-refractivity contribution is 8.01. The van der Waals surface area contributed by atoms with Gasteiger partial charge in [0.15, 0.2) is 5.16 Å². The number of hydrogen-bond acceptors (Lipinski definition) is 5. The fourth-order valence-electron chi connectivity index (χ4n) is 0.683. The van der Waals surface area contributed by atoms with E-state index >= 15 is 0 Å². The normalized spacial score (nSPS) is 10.0. The average molecular weight is 195 g/mol. The van der Waals surface area contributed by atoms with Crippen molar-refractivity contribution < 1.29 is 0 Å². The summed E-state index contributed by atoms with van der Waals surface area (Å²) in [6.45, 7) is 0. The molecular formula is C7H5N3S2. The summed E-state index contributed by atoms with van der Waals surface area (Å²) in [5, 5.41) is 0.766. The minimum atomic E-state index is 0.766. The van der Waals surface area contributed by atoms with Crippen LogP contribution in [0.25, 0.3) is 0 Å². The second-order valence-corrected chi connectivity index (χ2v) is 4.11. The van der Waals surface area contributed by atoms with Crippen LogP contribution in [-0.2, 0) is 0 Å². The zero-order chi connectivity index (χ0) is 8.23. The monoisotopic (exact) mass is 195 g/mol. The van der Waals surface area contributed by atoms with Gasteiger partial charge >= 0.3 is 0 Å². The second-order valence-electron chi connectivity index (χ2n) is 1.95. The van der Waals surface area contributed by atoms with Gasteiger partial charge in [0.25, 0.3) is 0 Å². The number of nitrogens with zero attached hydrogens (tertiary/aromatic N) is 3. The van der Waals surface area contributed by atoms with Crippen molar-refractivity contribution in [2.45, 2.75) is 9.37 Å². The van der Waals surface area contributed by atoms with Crippen LogP contribution in [0.4, 0.5) is 0 Å². The van der Waals surface area contributed by atoms with Gasteiger partial charge in [0, 0.05) is 12.4 Å². The van der Waals surface area contributed by atoms with Crippen LogP contribution >= 0.6 is 23.1 Å². The molecule has 2 heterocycles. The van der Waals surface area contributed by atoms with Gasteiger partial charge in [-0.2, -0.15) is 0 Å². The molecule has 0 unspecified atom stereocenters. The molecule has 5 heteroatoms. The van der Waals surface area contributed by atoms with Crippen LogP contribution in [-0.4, -0.2) is 15.0 Å². The van der Waals surface area contributed by atoms with E-state index in [4.69, 9.17) is 0 Å². The Balaban J connectivity index is 2.15. The predicted molar refractivity (Wildman–Crippen MR) is 48.3 cm³/mol. The number of hydrogen-bond donors (Lipinski definition) is 0. The third-order valence-corrected chi connectivity index (χ3v) is 2.95. The molecule has 0 aromatic carbocycles. The number of rotatable bonds is 2. The van der Waals surface area contributed by atoms with E-state index in [0.29, 0.717) is 0 Å². The molecule has 0 saturated carbocycles. The molecule has 60 valence electrons. The van der Waals surface area contributed by atoms with Gasteiger partial charge in [0.2, 0.25) is 0 Å². The van der Waals surface area contributed by atoms with Gasteiger partial charge in [0.05, 0.1) is 15.9 Å². The van der Waals surface area contributed by atoms with Crippen molar-refractivity contribution in [3.63, 3.8) is 0 Å². The van der Waals surface area contributed by atoms with Crippen molar-refractivity contribution in [2.75, 3.05) is 0 Å². The minimum Gasteiger partial charge on any atom is -0.252 e. The van der Waals surface area contributed by atoms with Crippen molar-refractivity contribution in [1.82, 2.24) is 15.0 Å². The second kappa shape index (κ2) is 3.64. The van der Waals surface area contributed by atoms with E-state index in [9.17, 15) is 0 Å². The maximum absolute atomic E-state index is 4.08.